The summed E-state index contributed by atoms with van der Waals surface area (Å²) in [7, 11) is 0. The molecule has 108 valence electrons. The van der Waals surface area contributed by atoms with E-state index in [2.05, 4.69) is 54.8 Å². The summed E-state index contributed by atoms with van der Waals surface area (Å²) in [6, 6.07) is 6.25. The van der Waals surface area contributed by atoms with E-state index in [-0.39, 0.29) is 0 Å². The zero-order valence-electron chi connectivity index (χ0n) is 11.9. The predicted octanol–water partition coefficient (Wildman–Crippen LogP) is 4.11. The van der Waals surface area contributed by atoms with E-state index < -0.39 is 0 Å². The van der Waals surface area contributed by atoms with Crippen LogP contribution in [-0.2, 0) is 0 Å². The Bertz CT molecular complexity index is 810. The summed E-state index contributed by atoms with van der Waals surface area (Å²) >= 11 is 3.54. The van der Waals surface area contributed by atoms with Crippen molar-refractivity contribution >= 4 is 43.7 Å². The van der Waals surface area contributed by atoms with Crippen molar-refractivity contribution < 1.29 is 0 Å². The predicted molar refractivity (Wildman–Crippen MR) is 89.7 cm³/mol. The molecule has 1 N–H and O–H groups in total. The average Bonchev–Trinajstić information content (AvgIpc) is 2.85. The van der Waals surface area contributed by atoms with Crippen LogP contribution in [0.15, 0.2) is 29.0 Å². The van der Waals surface area contributed by atoms with Gasteiger partial charge in [0, 0.05) is 28.5 Å². The van der Waals surface area contributed by atoms with Crippen LogP contribution in [0.2, 0.25) is 0 Å². The molecule has 3 aromatic rings. The van der Waals surface area contributed by atoms with E-state index in [9.17, 15) is 0 Å². The molecule has 3 heterocycles. The van der Waals surface area contributed by atoms with Crippen molar-refractivity contribution in [3.8, 4) is 0 Å². The summed E-state index contributed by atoms with van der Waals surface area (Å²) in [5.41, 5.74) is 3.18. The molecule has 1 aliphatic heterocycles. The van der Waals surface area contributed by atoms with Gasteiger partial charge in [0.05, 0.1) is 0 Å². The Kier molecular flexibility index (Phi) is 3.10. The average molecular weight is 345 g/mol. The Hall–Kier alpha value is -1.62. The Morgan fingerprint density at radius 1 is 1.33 bits per heavy atom. The Morgan fingerprint density at radius 2 is 2.24 bits per heavy atom. The second-order valence-electron chi connectivity index (χ2n) is 5.93. The Labute approximate surface area is 131 Å². The number of aromatic amines is 1. The van der Waals surface area contributed by atoms with Crippen molar-refractivity contribution in [1.29, 1.82) is 0 Å². The van der Waals surface area contributed by atoms with E-state index in [1.165, 1.54) is 12.8 Å². The summed E-state index contributed by atoms with van der Waals surface area (Å²) < 4.78 is 1.07. The third-order valence-electron chi connectivity index (χ3n) is 4.28. The molecule has 4 rings (SSSR count). The number of piperidine rings is 1. The van der Waals surface area contributed by atoms with Crippen LogP contribution in [-0.4, -0.2) is 28.0 Å². The van der Waals surface area contributed by atoms with Gasteiger partial charge in [-0.15, -0.1) is 0 Å². The van der Waals surface area contributed by atoms with Gasteiger partial charge in [0.1, 0.15) is 17.4 Å². The highest BCUT2D eigenvalue weighted by Gasteiger charge is 2.21. The molecule has 4 nitrogen and oxygen atoms in total. The van der Waals surface area contributed by atoms with Gasteiger partial charge in [-0.2, -0.15) is 0 Å². The van der Waals surface area contributed by atoms with Gasteiger partial charge < -0.3 is 9.88 Å². The third kappa shape index (κ3) is 2.20. The summed E-state index contributed by atoms with van der Waals surface area (Å²) in [6.07, 6.45) is 4.23. The minimum Gasteiger partial charge on any atom is -0.355 e. The Balaban J connectivity index is 1.91. The highest BCUT2D eigenvalue weighted by atomic mass is 79.9. The van der Waals surface area contributed by atoms with Gasteiger partial charge >= 0.3 is 0 Å². The Morgan fingerprint density at radius 3 is 3.10 bits per heavy atom. The number of H-pyrrole nitrogens is 1. The molecule has 1 atom stereocenters. The second-order valence-corrected chi connectivity index (χ2v) is 6.84. The van der Waals surface area contributed by atoms with E-state index in [1.54, 1.807) is 6.33 Å². The van der Waals surface area contributed by atoms with Gasteiger partial charge in [0.25, 0.3) is 0 Å². The van der Waals surface area contributed by atoms with Crippen molar-refractivity contribution in [2.75, 3.05) is 18.0 Å². The zero-order valence-corrected chi connectivity index (χ0v) is 13.5. The van der Waals surface area contributed by atoms with Crippen LogP contribution in [0.5, 0.6) is 0 Å². The van der Waals surface area contributed by atoms with Crippen LogP contribution >= 0.6 is 15.9 Å². The van der Waals surface area contributed by atoms with E-state index in [4.69, 9.17) is 0 Å². The number of nitrogens with one attached hydrogen (secondary N) is 1. The van der Waals surface area contributed by atoms with Crippen LogP contribution in [0.4, 0.5) is 5.82 Å². The smallest absolute Gasteiger partial charge is 0.156 e. The molecular weight excluding hydrogens is 328 g/mol. The largest absolute Gasteiger partial charge is 0.355 e. The molecule has 0 amide bonds. The van der Waals surface area contributed by atoms with E-state index in [0.29, 0.717) is 0 Å². The van der Waals surface area contributed by atoms with Gasteiger partial charge in [0.15, 0.2) is 5.82 Å². The van der Waals surface area contributed by atoms with Crippen molar-refractivity contribution in [1.82, 2.24) is 15.0 Å². The van der Waals surface area contributed by atoms with Gasteiger partial charge in [-0.25, -0.2) is 9.97 Å². The number of hydrogen-bond donors (Lipinski definition) is 1. The van der Waals surface area contributed by atoms with Crippen LogP contribution in [0.25, 0.3) is 21.9 Å². The first-order chi connectivity index (χ1) is 10.2. The molecule has 0 aliphatic carbocycles. The number of aromatic nitrogens is 3. The molecule has 5 heteroatoms. The summed E-state index contributed by atoms with van der Waals surface area (Å²) in [4.78, 5) is 14.9. The molecule has 1 aliphatic rings. The standard InChI is InChI=1S/C16H17BrN4/c1-10-3-2-6-21(8-10)16-15-14(18-9-19-16)12-7-11(17)4-5-13(12)20-15/h4-5,7,9-10,20H,2-3,6,8H2,1H3/t10-/m0/s1. The normalized spacial score (nSPS) is 19.5. The fraction of sp³-hybridized carbons (Fsp3) is 0.375. The maximum atomic E-state index is 4.55. The molecule has 21 heavy (non-hydrogen) atoms. The van der Waals surface area contributed by atoms with E-state index in [1.807, 2.05) is 6.07 Å². The summed E-state index contributed by atoms with van der Waals surface area (Å²) in [6.45, 7) is 4.47. The number of halogens is 1. The molecule has 1 saturated heterocycles. The molecule has 0 bridgehead atoms. The first kappa shape index (κ1) is 13.1. The van der Waals surface area contributed by atoms with Crippen molar-refractivity contribution in [3.05, 3.63) is 29.0 Å². The van der Waals surface area contributed by atoms with E-state index >= 15 is 0 Å². The maximum Gasteiger partial charge on any atom is 0.156 e. The van der Waals surface area contributed by atoms with E-state index in [0.717, 1.165) is 51.2 Å². The van der Waals surface area contributed by atoms with Gasteiger partial charge in [-0.05, 0) is 37.0 Å². The summed E-state index contributed by atoms with van der Waals surface area (Å²) in [5.74, 6) is 1.76. The first-order valence-corrected chi connectivity index (χ1v) is 8.18. The monoisotopic (exact) mass is 344 g/mol. The number of anilines is 1. The van der Waals surface area contributed by atoms with Crippen molar-refractivity contribution in [3.63, 3.8) is 0 Å². The molecule has 0 radical (unpaired) electrons. The lowest BCUT2D eigenvalue weighted by molar-refractivity contribution is 0.445. The molecule has 0 spiro atoms. The number of hydrogen-bond acceptors (Lipinski definition) is 3. The third-order valence-corrected chi connectivity index (χ3v) is 4.77. The number of rotatable bonds is 1. The fourth-order valence-corrected chi connectivity index (χ4v) is 3.63. The molecule has 0 saturated carbocycles. The lowest BCUT2D eigenvalue weighted by Crippen LogP contribution is -2.35. The highest BCUT2D eigenvalue weighted by Crippen LogP contribution is 2.32. The van der Waals surface area contributed by atoms with Crippen LogP contribution in [0.3, 0.4) is 0 Å². The van der Waals surface area contributed by atoms with Crippen LogP contribution < -0.4 is 4.90 Å². The molecule has 0 unspecified atom stereocenters. The highest BCUT2D eigenvalue weighted by molar-refractivity contribution is 9.10. The van der Waals surface area contributed by atoms with Crippen LogP contribution in [0.1, 0.15) is 19.8 Å². The number of benzene rings is 1. The topological polar surface area (TPSA) is 44.8 Å². The second kappa shape index (κ2) is 4.98. The quantitative estimate of drug-likeness (QED) is 0.722. The van der Waals surface area contributed by atoms with Crippen molar-refractivity contribution in [2.24, 2.45) is 5.92 Å². The molecule has 2 aromatic heterocycles. The number of fused-ring (bicyclic) bond motifs is 3. The van der Waals surface area contributed by atoms with Gasteiger partial charge in [-0.1, -0.05) is 22.9 Å². The molecular formula is C16H17BrN4. The maximum absolute atomic E-state index is 4.55. The SMILES string of the molecule is C[C@H]1CCCN(c2ncnc3c2[nH]c2ccc(Br)cc23)C1. The van der Waals surface area contributed by atoms with Gasteiger partial charge in [-0.3, -0.25) is 0 Å². The minimum absolute atomic E-state index is 0.724. The van der Waals surface area contributed by atoms with Crippen LogP contribution in [0, 0.1) is 5.92 Å². The number of nitrogens with zero attached hydrogens (tertiary/aromatic N) is 3. The lowest BCUT2D eigenvalue weighted by Gasteiger charge is -2.31. The summed E-state index contributed by atoms with van der Waals surface area (Å²) in [5, 5.41) is 1.15. The molecule has 1 fully saturated rings. The fourth-order valence-electron chi connectivity index (χ4n) is 3.27. The minimum atomic E-state index is 0.724. The first-order valence-electron chi connectivity index (χ1n) is 7.39. The zero-order chi connectivity index (χ0) is 14.4. The van der Waals surface area contributed by atoms with Gasteiger partial charge in [0.2, 0.25) is 0 Å². The molecule has 1 aromatic carbocycles. The van der Waals surface area contributed by atoms with Crippen molar-refractivity contribution in [2.45, 2.75) is 19.8 Å². The lowest BCUT2D eigenvalue weighted by atomic mass is 10.0.